The fraction of sp³-hybridized carbons (Fsp3) is 0.500. The van der Waals surface area contributed by atoms with Gasteiger partial charge in [0.15, 0.2) is 5.78 Å². The largest absolute Gasteiger partial charge is 0.494 e. The molecule has 0 saturated carbocycles. The lowest BCUT2D eigenvalue weighted by Crippen LogP contribution is -2.47. The number of benzene rings is 1. The lowest BCUT2D eigenvalue weighted by Gasteiger charge is -2.33. The number of carboxylic acid groups (broad SMARTS) is 1. The van der Waals surface area contributed by atoms with Crippen molar-refractivity contribution >= 4 is 17.7 Å². The van der Waals surface area contributed by atoms with E-state index in [-0.39, 0.29) is 18.1 Å². The summed E-state index contributed by atoms with van der Waals surface area (Å²) in [4.78, 5) is 36.1. The molecule has 1 unspecified atom stereocenters. The van der Waals surface area contributed by atoms with Gasteiger partial charge in [0.25, 0.3) is 0 Å². The fourth-order valence-corrected chi connectivity index (χ4v) is 2.83. The minimum Gasteiger partial charge on any atom is -0.494 e. The van der Waals surface area contributed by atoms with E-state index in [1.165, 1.54) is 11.8 Å². The number of ketones is 1. The van der Waals surface area contributed by atoms with Crippen LogP contribution in [0.5, 0.6) is 5.75 Å². The van der Waals surface area contributed by atoms with E-state index in [9.17, 15) is 19.5 Å². The first-order chi connectivity index (χ1) is 11.5. The molecule has 0 aliphatic carbocycles. The van der Waals surface area contributed by atoms with Crippen LogP contribution in [0.1, 0.15) is 49.4 Å². The van der Waals surface area contributed by atoms with Crippen LogP contribution >= 0.6 is 0 Å². The summed E-state index contributed by atoms with van der Waals surface area (Å²) < 4.78 is 5.55. The van der Waals surface area contributed by atoms with Gasteiger partial charge in [0.2, 0.25) is 5.91 Å². The second-order valence-corrected chi connectivity index (χ2v) is 5.97. The first-order valence-corrected chi connectivity index (χ1v) is 8.25. The van der Waals surface area contributed by atoms with E-state index < -0.39 is 12.0 Å². The lowest BCUT2D eigenvalue weighted by atomic mass is 10.0. The molecule has 6 nitrogen and oxygen atoms in total. The number of ether oxygens (including phenoxy) is 1. The summed E-state index contributed by atoms with van der Waals surface area (Å²) in [6.45, 7) is 2.40. The van der Waals surface area contributed by atoms with Crippen LogP contribution in [-0.4, -0.2) is 46.9 Å². The lowest BCUT2D eigenvalue weighted by molar-refractivity contribution is -0.152. The molecular formula is C18H23NO5. The molecule has 1 amide bonds. The highest BCUT2D eigenvalue weighted by Gasteiger charge is 2.31. The van der Waals surface area contributed by atoms with E-state index in [4.69, 9.17) is 4.74 Å². The molecule has 2 rings (SSSR count). The Morgan fingerprint density at radius 1 is 1.21 bits per heavy atom. The molecule has 130 valence electrons. The van der Waals surface area contributed by atoms with Gasteiger partial charge in [-0.1, -0.05) is 0 Å². The Labute approximate surface area is 141 Å². The highest BCUT2D eigenvalue weighted by molar-refractivity contribution is 5.94. The van der Waals surface area contributed by atoms with Crippen molar-refractivity contribution in [1.29, 1.82) is 0 Å². The van der Waals surface area contributed by atoms with Crippen LogP contribution in [0, 0.1) is 0 Å². The zero-order valence-corrected chi connectivity index (χ0v) is 13.9. The van der Waals surface area contributed by atoms with Gasteiger partial charge in [-0.2, -0.15) is 0 Å². The van der Waals surface area contributed by atoms with Crippen molar-refractivity contribution in [3.8, 4) is 5.75 Å². The molecule has 1 atom stereocenters. The molecule has 1 heterocycles. The molecule has 1 fully saturated rings. The highest BCUT2D eigenvalue weighted by Crippen LogP contribution is 2.19. The minimum atomic E-state index is -0.926. The van der Waals surface area contributed by atoms with Gasteiger partial charge in [-0.15, -0.1) is 0 Å². The van der Waals surface area contributed by atoms with Crippen LogP contribution in [0.15, 0.2) is 24.3 Å². The van der Waals surface area contributed by atoms with E-state index in [1.54, 1.807) is 24.3 Å². The van der Waals surface area contributed by atoms with E-state index in [2.05, 4.69) is 0 Å². The number of Topliss-reactive ketones (excluding diaryl/α,β-unsaturated/α-hetero) is 1. The first-order valence-electron chi connectivity index (χ1n) is 8.25. The minimum absolute atomic E-state index is 0.00154. The average Bonchev–Trinajstić information content (AvgIpc) is 2.58. The summed E-state index contributed by atoms with van der Waals surface area (Å²) in [5, 5.41) is 9.20. The molecule has 0 bridgehead atoms. The quantitative estimate of drug-likeness (QED) is 0.612. The summed E-state index contributed by atoms with van der Waals surface area (Å²) in [6.07, 6.45) is 3.03. The van der Waals surface area contributed by atoms with E-state index in [0.29, 0.717) is 37.3 Å². The van der Waals surface area contributed by atoms with Gasteiger partial charge in [-0.25, -0.2) is 4.79 Å². The van der Waals surface area contributed by atoms with Crippen molar-refractivity contribution in [3.63, 3.8) is 0 Å². The Morgan fingerprint density at radius 3 is 2.54 bits per heavy atom. The Morgan fingerprint density at radius 2 is 1.92 bits per heavy atom. The number of piperidine rings is 1. The van der Waals surface area contributed by atoms with Gasteiger partial charge in [0.1, 0.15) is 11.8 Å². The van der Waals surface area contributed by atoms with Crippen LogP contribution in [0.4, 0.5) is 0 Å². The zero-order valence-electron chi connectivity index (χ0n) is 13.9. The Hall–Kier alpha value is -2.37. The Bertz CT molecular complexity index is 596. The monoisotopic (exact) mass is 333 g/mol. The van der Waals surface area contributed by atoms with Gasteiger partial charge in [-0.3, -0.25) is 9.59 Å². The number of carboxylic acids is 1. The van der Waals surface area contributed by atoms with Crippen LogP contribution in [-0.2, 0) is 9.59 Å². The summed E-state index contributed by atoms with van der Waals surface area (Å²) in [7, 11) is 0. The van der Waals surface area contributed by atoms with Crippen LogP contribution < -0.4 is 4.74 Å². The predicted octanol–water partition coefficient (Wildman–Crippen LogP) is 2.51. The standard InChI is InChI=1S/C18H23NO5/c1-13(20)14-7-9-15(10-8-14)24-12-4-6-17(21)19-11-3-2-5-16(19)18(22)23/h7-10,16H,2-6,11-12H2,1H3,(H,22,23). The zero-order chi connectivity index (χ0) is 17.5. The van der Waals surface area contributed by atoms with Crippen molar-refractivity contribution < 1.29 is 24.2 Å². The second kappa shape index (κ2) is 8.47. The average molecular weight is 333 g/mol. The maximum absolute atomic E-state index is 12.2. The molecule has 0 spiro atoms. The number of hydrogen-bond donors (Lipinski definition) is 1. The number of hydrogen-bond acceptors (Lipinski definition) is 4. The summed E-state index contributed by atoms with van der Waals surface area (Å²) in [5.41, 5.74) is 0.627. The summed E-state index contributed by atoms with van der Waals surface area (Å²) in [5.74, 6) is -0.405. The third kappa shape index (κ3) is 4.81. The van der Waals surface area contributed by atoms with Crippen LogP contribution in [0.2, 0.25) is 0 Å². The maximum Gasteiger partial charge on any atom is 0.326 e. The molecule has 6 heteroatoms. The van der Waals surface area contributed by atoms with Gasteiger partial charge in [-0.05, 0) is 56.9 Å². The van der Waals surface area contributed by atoms with E-state index >= 15 is 0 Å². The molecule has 1 aromatic rings. The molecule has 24 heavy (non-hydrogen) atoms. The molecule has 1 aromatic carbocycles. The highest BCUT2D eigenvalue weighted by atomic mass is 16.5. The van der Waals surface area contributed by atoms with Crippen LogP contribution in [0.3, 0.4) is 0 Å². The molecule has 0 radical (unpaired) electrons. The summed E-state index contributed by atoms with van der Waals surface area (Å²) in [6, 6.07) is 6.17. The number of rotatable bonds is 7. The normalized spacial score (nSPS) is 17.4. The van der Waals surface area contributed by atoms with Crippen LogP contribution in [0.25, 0.3) is 0 Å². The van der Waals surface area contributed by atoms with Crippen molar-refractivity contribution in [2.75, 3.05) is 13.2 Å². The number of carbonyl (C=O) groups is 3. The first kappa shape index (κ1) is 18.0. The van der Waals surface area contributed by atoms with E-state index in [1.807, 2.05) is 0 Å². The SMILES string of the molecule is CC(=O)c1ccc(OCCCC(=O)N2CCCCC2C(=O)O)cc1. The Kier molecular flexibility index (Phi) is 6.35. The third-order valence-electron chi connectivity index (χ3n) is 4.17. The maximum atomic E-state index is 12.2. The van der Waals surface area contributed by atoms with Gasteiger partial charge in [0, 0.05) is 18.5 Å². The van der Waals surface area contributed by atoms with Gasteiger partial charge >= 0.3 is 5.97 Å². The molecule has 1 saturated heterocycles. The Balaban J connectivity index is 1.76. The van der Waals surface area contributed by atoms with E-state index in [0.717, 1.165) is 12.8 Å². The number of carbonyl (C=O) groups excluding carboxylic acids is 2. The molecule has 1 N–H and O–H groups in total. The molecule has 1 aliphatic rings. The number of likely N-dealkylation sites (tertiary alicyclic amines) is 1. The van der Waals surface area contributed by atoms with Crippen molar-refractivity contribution in [3.05, 3.63) is 29.8 Å². The molecular weight excluding hydrogens is 310 g/mol. The summed E-state index contributed by atoms with van der Waals surface area (Å²) >= 11 is 0. The number of amides is 1. The van der Waals surface area contributed by atoms with Crippen molar-refractivity contribution in [1.82, 2.24) is 4.90 Å². The van der Waals surface area contributed by atoms with Crippen molar-refractivity contribution in [2.24, 2.45) is 0 Å². The van der Waals surface area contributed by atoms with Crippen molar-refractivity contribution in [2.45, 2.75) is 45.1 Å². The van der Waals surface area contributed by atoms with Gasteiger partial charge in [0.05, 0.1) is 6.61 Å². The number of aliphatic carboxylic acids is 1. The molecule has 0 aromatic heterocycles. The molecule has 1 aliphatic heterocycles. The third-order valence-corrected chi connectivity index (χ3v) is 4.17. The number of nitrogens with zero attached hydrogens (tertiary/aromatic N) is 1. The predicted molar refractivity (Wildman–Crippen MR) is 88.2 cm³/mol. The second-order valence-electron chi connectivity index (χ2n) is 5.97. The smallest absolute Gasteiger partial charge is 0.326 e. The topological polar surface area (TPSA) is 83.9 Å². The fourth-order valence-electron chi connectivity index (χ4n) is 2.83. The van der Waals surface area contributed by atoms with Gasteiger partial charge < -0.3 is 14.7 Å².